The van der Waals surface area contributed by atoms with Gasteiger partial charge >= 0.3 is 0 Å². The summed E-state index contributed by atoms with van der Waals surface area (Å²) in [6, 6.07) is 8.18. The van der Waals surface area contributed by atoms with E-state index in [0.717, 1.165) is 50.3 Å². The van der Waals surface area contributed by atoms with Crippen molar-refractivity contribution < 1.29 is 14.6 Å². The van der Waals surface area contributed by atoms with Gasteiger partial charge in [-0.05, 0) is 50.3 Å². The number of amides is 1. The van der Waals surface area contributed by atoms with Gasteiger partial charge in [-0.25, -0.2) is 4.98 Å². The summed E-state index contributed by atoms with van der Waals surface area (Å²) in [6.07, 6.45) is 4.31. The molecule has 1 aromatic heterocycles. The van der Waals surface area contributed by atoms with Crippen molar-refractivity contribution in [1.82, 2.24) is 15.2 Å². The van der Waals surface area contributed by atoms with Gasteiger partial charge in [0.05, 0.1) is 24.9 Å². The summed E-state index contributed by atoms with van der Waals surface area (Å²) in [6.45, 7) is 6.08. The molecule has 1 saturated carbocycles. The van der Waals surface area contributed by atoms with Crippen LogP contribution < -0.4 is 11.1 Å². The number of aliphatic hydroxyl groups is 1. The molecule has 1 amide bonds. The van der Waals surface area contributed by atoms with Crippen LogP contribution in [0, 0.1) is 5.41 Å². The molecule has 3 aliphatic rings. The first-order valence-electron chi connectivity index (χ1n) is 11.7. The average molecular weight is 471 g/mol. The quantitative estimate of drug-likeness (QED) is 0.619. The SMILES string of the molecule is C[C@H](c1ccc(-c2cnc(N)c(C(=O)NC3CCC(O)CC3)c2)c(Cl)c1)N1CC2(COC2)C1. The first-order valence-corrected chi connectivity index (χ1v) is 12.1. The fourth-order valence-corrected chi connectivity index (χ4v) is 5.48. The number of nitrogen functional groups attached to an aromatic ring is 1. The molecular weight excluding hydrogens is 440 g/mol. The molecule has 1 aliphatic carbocycles. The predicted molar refractivity (Wildman–Crippen MR) is 128 cm³/mol. The van der Waals surface area contributed by atoms with Crippen molar-refractivity contribution in [3.8, 4) is 11.1 Å². The Morgan fingerprint density at radius 1 is 1.27 bits per heavy atom. The lowest BCUT2D eigenvalue weighted by Gasteiger charge is -2.57. The predicted octanol–water partition coefficient (Wildman–Crippen LogP) is 3.41. The van der Waals surface area contributed by atoms with Crippen LogP contribution in [0.1, 0.15) is 54.6 Å². The molecule has 1 spiro atoms. The number of ether oxygens (including phenoxy) is 1. The van der Waals surface area contributed by atoms with Crippen LogP contribution >= 0.6 is 11.6 Å². The summed E-state index contributed by atoms with van der Waals surface area (Å²) in [5.74, 6) is -0.0450. The van der Waals surface area contributed by atoms with Crippen LogP contribution in [0.15, 0.2) is 30.5 Å². The van der Waals surface area contributed by atoms with Gasteiger partial charge in [-0.2, -0.15) is 0 Å². The van der Waals surface area contributed by atoms with Crippen LogP contribution in [-0.4, -0.2) is 59.3 Å². The zero-order chi connectivity index (χ0) is 23.2. The van der Waals surface area contributed by atoms with Gasteiger partial charge in [0.15, 0.2) is 0 Å². The highest BCUT2D eigenvalue weighted by Crippen LogP contribution is 2.42. The van der Waals surface area contributed by atoms with E-state index in [2.05, 4.69) is 28.2 Å². The second-order valence-electron chi connectivity index (χ2n) is 9.95. The van der Waals surface area contributed by atoms with Crippen LogP contribution in [0.25, 0.3) is 11.1 Å². The molecule has 5 rings (SSSR count). The maximum atomic E-state index is 12.9. The van der Waals surface area contributed by atoms with Crippen LogP contribution in [0.5, 0.6) is 0 Å². The topological polar surface area (TPSA) is 101 Å². The molecule has 2 saturated heterocycles. The second-order valence-corrected chi connectivity index (χ2v) is 10.4. The Hall–Kier alpha value is -2.19. The number of aromatic nitrogens is 1. The molecule has 7 nitrogen and oxygen atoms in total. The molecule has 8 heteroatoms. The number of aliphatic hydroxyl groups excluding tert-OH is 1. The van der Waals surface area contributed by atoms with Crippen LogP contribution in [0.2, 0.25) is 5.02 Å². The molecule has 1 aromatic carbocycles. The van der Waals surface area contributed by atoms with Gasteiger partial charge in [0.1, 0.15) is 5.82 Å². The summed E-state index contributed by atoms with van der Waals surface area (Å²) in [7, 11) is 0. The molecule has 2 aromatic rings. The number of nitrogens with zero attached hydrogens (tertiary/aromatic N) is 2. The standard InChI is InChI=1S/C25H31ClN4O3/c1-15(30-11-25(12-30)13-33-14-25)16-2-7-20(22(26)9-16)17-8-21(23(27)28-10-17)24(32)29-18-3-5-19(31)6-4-18/h2,7-10,15,18-19,31H,3-6,11-14H2,1H3,(H2,27,28)(H,29,32)/t15-,18?,19?/m1/s1. The maximum absolute atomic E-state index is 12.9. The second kappa shape index (κ2) is 8.87. The third-order valence-electron chi connectivity index (χ3n) is 7.42. The van der Waals surface area contributed by atoms with E-state index in [9.17, 15) is 9.90 Å². The summed E-state index contributed by atoms with van der Waals surface area (Å²) in [5.41, 5.74) is 9.50. The Labute approximate surface area is 199 Å². The number of likely N-dealkylation sites (tertiary alicyclic amines) is 1. The van der Waals surface area contributed by atoms with E-state index in [1.54, 1.807) is 12.3 Å². The van der Waals surface area contributed by atoms with Gasteiger partial charge in [0, 0.05) is 52.9 Å². The largest absolute Gasteiger partial charge is 0.393 e. The highest BCUT2D eigenvalue weighted by atomic mass is 35.5. The molecule has 1 atom stereocenters. The van der Waals surface area contributed by atoms with Gasteiger partial charge in [-0.15, -0.1) is 0 Å². The monoisotopic (exact) mass is 470 g/mol. The molecule has 3 fully saturated rings. The lowest BCUT2D eigenvalue weighted by Crippen LogP contribution is -2.66. The Morgan fingerprint density at radius 2 is 2.00 bits per heavy atom. The van der Waals surface area contributed by atoms with E-state index in [-0.39, 0.29) is 29.9 Å². The number of carbonyl (C=O) groups excluding carboxylic acids is 1. The minimum absolute atomic E-state index is 0.0421. The third-order valence-corrected chi connectivity index (χ3v) is 7.74. The minimum atomic E-state index is -0.268. The van der Waals surface area contributed by atoms with Crippen molar-refractivity contribution in [2.45, 2.75) is 50.8 Å². The Kier molecular flexibility index (Phi) is 6.07. The number of pyridine rings is 1. The molecule has 0 radical (unpaired) electrons. The van der Waals surface area contributed by atoms with E-state index in [1.807, 2.05) is 12.1 Å². The van der Waals surface area contributed by atoms with Crippen molar-refractivity contribution in [3.05, 3.63) is 46.6 Å². The number of hydrogen-bond acceptors (Lipinski definition) is 6. The highest BCUT2D eigenvalue weighted by molar-refractivity contribution is 6.33. The van der Waals surface area contributed by atoms with Crippen molar-refractivity contribution in [1.29, 1.82) is 0 Å². The summed E-state index contributed by atoms with van der Waals surface area (Å²) >= 11 is 6.69. The minimum Gasteiger partial charge on any atom is -0.393 e. The van der Waals surface area contributed by atoms with Gasteiger partial charge in [0.2, 0.25) is 0 Å². The van der Waals surface area contributed by atoms with Gasteiger partial charge in [-0.3, -0.25) is 9.69 Å². The molecule has 2 aliphatic heterocycles. The van der Waals surface area contributed by atoms with Crippen molar-refractivity contribution in [3.63, 3.8) is 0 Å². The van der Waals surface area contributed by atoms with Crippen LogP contribution in [0.3, 0.4) is 0 Å². The number of rotatable bonds is 5. The fourth-order valence-electron chi connectivity index (χ4n) is 5.19. The number of halogens is 1. The molecule has 0 unspecified atom stereocenters. The molecule has 33 heavy (non-hydrogen) atoms. The van der Waals surface area contributed by atoms with Gasteiger partial charge in [0.25, 0.3) is 5.91 Å². The Balaban J connectivity index is 1.30. The fraction of sp³-hybridized carbons (Fsp3) is 0.520. The molecule has 176 valence electrons. The van der Waals surface area contributed by atoms with Crippen LogP contribution in [-0.2, 0) is 4.74 Å². The first kappa shape index (κ1) is 22.6. The van der Waals surface area contributed by atoms with Crippen LogP contribution in [0.4, 0.5) is 5.82 Å². The zero-order valence-electron chi connectivity index (χ0n) is 18.9. The van der Waals surface area contributed by atoms with E-state index >= 15 is 0 Å². The number of nitrogens with one attached hydrogen (secondary N) is 1. The first-order chi connectivity index (χ1) is 15.8. The number of hydrogen-bond donors (Lipinski definition) is 3. The van der Waals surface area contributed by atoms with Crippen molar-refractivity contribution >= 4 is 23.3 Å². The van der Waals surface area contributed by atoms with E-state index in [0.29, 0.717) is 28.8 Å². The normalized spacial score (nSPS) is 25.2. The lowest BCUT2D eigenvalue weighted by molar-refractivity contribution is -0.197. The number of anilines is 1. The third kappa shape index (κ3) is 4.47. The summed E-state index contributed by atoms with van der Waals surface area (Å²) < 4.78 is 5.38. The van der Waals surface area contributed by atoms with Gasteiger partial charge < -0.3 is 20.9 Å². The Morgan fingerprint density at radius 3 is 2.64 bits per heavy atom. The van der Waals surface area contributed by atoms with Gasteiger partial charge in [-0.1, -0.05) is 23.7 Å². The maximum Gasteiger partial charge on any atom is 0.255 e. The molecule has 4 N–H and O–H groups in total. The van der Waals surface area contributed by atoms with Crippen molar-refractivity contribution in [2.75, 3.05) is 32.0 Å². The van der Waals surface area contributed by atoms with E-state index in [1.165, 1.54) is 5.56 Å². The number of nitrogens with two attached hydrogens (primary N) is 1. The Bertz CT molecular complexity index is 1040. The summed E-state index contributed by atoms with van der Waals surface area (Å²) in [4.78, 5) is 19.6. The lowest BCUT2D eigenvalue weighted by atomic mass is 9.76. The van der Waals surface area contributed by atoms with Crippen molar-refractivity contribution in [2.24, 2.45) is 5.41 Å². The molecule has 3 heterocycles. The summed E-state index contributed by atoms with van der Waals surface area (Å²) in [5, 5.41) is 13.3. The zero-order valence-corrected chi connectivity index (χ0v) is 19.6. The number of carbonyl (C=O) groups is 1. The molecular formula is C25H31ClN4O3. The number of benzene rings is 1. The average Bonchev–Trinajstić information content (AvgIpc) is 2.73. The van der Waals surface area contributed by atoms with E-state index < -0.39 is 0 Å². The highest BCUT2D eigenvalue weighted by Gasteiger charge is 2.50. The van der Waals surface area contributed by atoms with E-state index in [4.69, 9.17) is 22.1 Å². The smallest absolute Gasteiger partial charge is 0.255 e. The molecule has 0 bridgehead atoms.